The minimum absolute atomic E-state index is 0.396. The Morgan fingerprint density at radius 3 is 1.47 bits per heavy atom. The molecule has 0 aromatic heterocycles. The van der Waals surface area contributed by atoms with Crippen molar-refractivity contribution in [3.05, 3.63) is 76.7 Å². The Balaban J connectivity index is 2.38. The molecule has 0 saturated heterocycles. The van der Waals surface area contributed by atoms with Crippen LogP contribution in [0.3, 0.4) is 0 Å². The van der Waals surface area contributed by atoms with E-state index >= 15 is 0 Å². The summed E-state index contributed by atoms with van der Waals surface area (Å²) in [5.74, 6) is 0. The first kappa shape index (κ1) is 9.59. The second-order valence-corrected chi connectivity index (χ2v) is 3.33. The zero-order chi connectivity index (χ0) is 10.5. The van der Waals surface area contributed by atoms with Crippen LogP contribution >= 0.6 is 0 Å². The van der Waals surface area contributed by atoms with E-state index in [1.807, 2.05) is 60.7 Å². The third-order valence-corrected chi connectivity index (χ3v) is 2.34. The number of hydrogen-bond donors (Lipinski definition) is 0. The summed E-state index contributed by atoms with van der Waals surface area (Å²) >= 11 is 0. The van der Waals surface area contributed by atoms with Crippen LogP contribution in [0.25, 0.3) is 0 Å². The Kier molecular flexibility index (Phi) is 2.88. The van der Waals surface area contributed by atoms with Crippen molar-refractivity contribution in [2.45, 2.75) is 6.04 Å². The number of nitroso groups, excluding NO2 is 1. The van der Waals surface area contributed by atoms with Gasteiger partial charge in [-0.15, -0.1) is 4.91 Å². The lowest BCUT2D eigenvalue weighted by Crippen LogP contribution is -1.96. The minimum atomic E-state index is -0.396. The first-order valence-electron chi connectivity index (χ1n) is 4.84. The average molecular weight is 197 g/mol. The normalized spacial score (nSPS) is 10.2. The predicted molar refractivity (Wildman–Crippen MR) is 60.5 cm³/mol. The summed E-state index contributed by atoms with van der Waals surface area (Å²) < 4.78 is 0. The average Bonchev–Trinajstić information content (AvgIpc) is 2.33. The standard InChI is InChI=1S/C13H11NO/c15-14-13(11-7-3-1-4-8-11)12-9-5-2-6-10-12/h1-10,13H. The summed E-state index contributed by atoms with van der Waals surface area (Å²) in [5.41, 5.74) is 1.86. The fourth-order valence-electron chi connectivity index (χ4n) is 1.58. The summed E-state index contributed by atoms with van der Waals surface area (Å²) in [6, 6.07) is 18.8. The van der Waals surface area contributed by atoms with Gasteiger partial charge < -0.3 is 0 Å². The molecule has 0 spiro atoms. The maximum atomic E-state index is 10.9. The van der Waals surface area contributed by atoms with Crippen molar-refractivity contribution >= 4 is 0 Å². The van der Waals surface area contributed by atoms with Gasteiger partial charge in [0.15, 0.2) is 0 Å². The largest absolute Gasteiger partial charge is 0.150 e. The van der Waals surface area contributed by atoms with Gasteiger partial charge in [0.25, 0.3) is 0 Å². The van der Waals surface area contributed by atoms with E-state index in [1.54, 1.807) is 0 Å². The molecule has 0 atom stereocenters. The summed E-state index contributed by atoms with van der Waals surface area (Å²) in [6.07, 6.45) is 0. The highest BCUT2D eigenvalue weighted by Crippen LogP contribution is 2.24. The second kappa shape index (κ2) is 4.51. The summed E-state index contributed by atoms with van der Waals surface area (Å²) in [6.45, 7) is 0. The van der Waals surface area contributed by atoms with Gasteiger partial charge in [0, 0.05) is 0 Å². The molecule has 2 aromatic rings. The quantitative estimate of drug-likeness (QED) is 0.692. The van der Waals surface area contributed by atoms with Gasteiger partial charge in [0.05, 0.1) is 0 Å². The third kappa shape index (κ3) is 2.10. The van der Waals surface area contributed by atoms with E-state index in [0.717, 1.165) is 11.1 Å². The number of nitrogens with zero attached hydrogens (tertiary/aromatic N) is 1. The molecular formula is C13H11NO. The lowest BCUT2D eigenvalue weighted by Gasteiger charge is -2.08. The lowest BCUT2D eigenvalue weighted by molar-refractivity contribution is 0.863. The highest BCUT2D eigenvalue weighted by molar-refractivity contribution is 5.31. The maximum absolute atomic E-state index is 10.9. The van der Waals surface area contributed by atoms with Crippen molar-refractivity contribution in [2.75, 3.05) is 0 Å². The van der Waals surface area contributed by atoms with E-state index < -0.39 is 6.04 Å². The molecule has 0 aliphatic heterocycles. The fourth-order valence-corrected chi connectivity index (χ4v) is 1.58. The van der Waals surface area contributed by atoms with Crippen LogP contribution in [0.15, 0.2) is 65.8 Å². The third-order valence-electron chi connectivity index (χ3n) is 2.34. The van der Waals surface area contributed by atoms with Crippen LogP contribution in [0, 0.1) is 4.91 Å². The Hall–Kier alpha value is -1.96. The van der Waals surface area contributed by atoms with E-state index in [4.69, 9.17) is 0 Å². The molecule has 2 heteroatoms. The van der Waals surface area contributed by atoms with E-state index in [1.165, 1.54) is 0 Å². The molecule has 0 radical (unpaired) electrons. The minimum Gasteiger partial charge on any atom is -0.150 e. The lowest BCUT2D eigenvalue weighted by atomic mass is 10.00. The predicted octanol–water partition coefficient (Wildman–Crippen LogP) is 3.54. The maximum Gasteiger partial charge on any atom is 0.142 e. The van der Waals surface area contributed by atoms with Gasteiger partial charge in [-0.3, -0.25) is 0 Å². The van der Waals surface area contributed by atoms with Crippen LogP contribution < -0.4 is 0 Å². The Bertz CT molecular complexity index is 385. The van der Waals surface area contributed by atoms with E-state index in [-0.39, 0.29) is 0 Å². The molecule has 0 amide bonds. The van der Waals surface area contributed by atoms with E-state index in [2.05, 4.69) is 5.18 Å². The van der Waals surface area contributed by atoms with Crippen molar-refractivity contribution < 1.29 is 0 Å². The monoisotopic (exact) mass is 197 g/mol. The van der Waals surface area contributed by atoms with E-state index in [9.17, 15) is 4.91 Å². The number of hydrogen-bond acceptors (Lipinski definition) is 2. The highest BCUT2D eigenvalue weighted by atomic mass is 16.3. The van der Waals surface area contributed by atoms with Gasteiger partial charge >= 0.3 is 0 Å². The Morgan fingerprint density at radius 2 is 1.13 bits per heavy atom. The molecule has 2 aromatic carbocycles. The molecule has 2 nitrogen and oxygen atoms in total. The van der Waals surface area contributed by atoms with Crippen molar-refractivity contribution in [3.8, 4) is 0 Å². The fraction of sp³-hybridized carbons (Fsp3) is 0.0769. The molecule has 0 fully saturated rings. The second-order valence-electron chi connectivity index (χ2n) is 3.33. The molecule has 0 bridgehead atoms. The van der Waals surface area contributed by atoms with Crippen LogP contribution in [0.5, 0.6) is 0 Å². The number of benzene rings is 2. The Labute approximate surface area is 88.5 Å². The molecule has 0 heterocycles. The summed E-state index contributed by atoms with van der Waals surface area (Å²) in [7, 11) is 0. The summed E-state index contributed by atoms with van der Waals surface area (Å²) in [4.78, 5) is 10.9. The first-order chi connectivity index (χ1) is 7.42. The topological polar surface area (TPSA) is 29.4 Å². The van der Waals surface area contributed by atoms with Crippen LogP contribution in [0.2, 0.25) is 0 Å². The Morgan fingerprint density at radius 1 is 0.733 bits per heavy atom. The molecule has 0 aliphatic carbocycles. The van der Waals surface area contributed by atoms with Crippen molar-refractivity contribution in [1.29, 1.82) is 0 Å². The van der Waals surface area contributed by atoms with Gasteiger partial charge in [-0.05, 0) is 11.1 Å². The van der Waals surface area contributed by atoms with Gasteiger partial charge in [-0.1, -0.05) is 65.8 Å². The molecule has 0 aliphatic rings. The van der Waals surface area contributed by atoms with Gasteiger partial charge in [-0.2, -0.15) is 0 Å². The molecule has 0 unspecified atom stereocenters. The number of rotatable bonds is 3. The molecular weight excluding hydrogens is 186 g/mol. The van der Waals surface area contributed by atoms with Crippen LogP contribution in [-0.2, 0) is 0 Å². The van der Waals surface area contributed by atoms with Crippen LogP contribution in [0.4, 0.5) is 0 Å². The van der Waals surface area contributed by atoms with Crippen molar-refractivity contribution in [2.24, 2.45) is 5.18 Å². The SMILES string of the molecule is O=NC(c1ccccc1)c1ccccc1. The first-order valence-corrected chi connectivity index (χ1v) is 4.84. The molecule has 74 valence electrons. The molecule has 2 rings (SSSR count). The zero-order valence-electron chi connectivity index (χ0n) is 8.21. The zero-order valence-corrected chi connectivity index (χ0v) is 8.21. The van der Waals surface area contributed by atoms with Crippen molar-refractivity contribution in [1.82, 2.24) is 0 Å². The van der Waals surface area contributed by atoms with E-state index in [0.29, 0.717) is 0 Å². The van der Waals surface area contributed by atoms with Gasteiger partial charge in [0.2, 0.25) is 0 Å². The van der Waals surface area contributed by atoms with Crippen molar-refractivity contribution in [3.63, 3.8) is 0 Å². The van der Waals surface area contributed by atoms with Gasteiger partial charge in [-0.25, -0.2) is 0 Å². The molecule has 15 heavy (non-hydrogen) atoms. The van der Waals surface area contributed by atoms with Crippen LogP contribution in [-0.4, -0.2) is 0 Å². The van der Waals surface area contributed by atoms with Gasteiger partial charge in [0.1, 0.15) is 6.04 Å². The van der Waals surface area contributed by atoms with Crippen LogP contribution in [0.1, 0.15) is 17.2 Å². The molecule has 0 N–H and O–H groups in total. The smallest absolute Gasteiger partial charge is 0.142 e. The molecule has 0 saturated carbocycles. The summed E-state index contributed by atoms with van der Waals surface area (Å²) in [5, 5.41) is 3.18. The highest BCUT2D eigenvalue weighted by Gasteiger charge is 2.12.